The average Bonchev–Trinajstić information content (AvgIpc) is 2.50. The van der Waals surface area contributed by atoms with Gasteiger partial charge in [0.05, 0.1) is 11.0 Å². The molecule has 1 N–H and O–H groups in total. The summed E-state index contributed by atoms with van der Waals surface area (Å²) in [7, 11) is 0. The van der Waals surface area contributed by atoms with E-state index in [0.29, 0.717) is 0 Å². The fourth-order valence-electron chi connectivity index (χ4n) is 1.67. The maximum Gasteiger partial charge on any atom is 0.178 e. The fourth-order valence-corrected chi connectivity index (χ4v) is 2.46. The van der Waals surface area contributed by atoms with Gasteiger partial charge >= 0.3 is 0 Å². The second kappa shape index (κ2) is 4.65. The van der Waals surface area contributed by atoms with Crippen LogP contribution in [0.3, 0.4) is 0 Å². The lowest BCUT2D eigenvalue weighted by Crippen LogP contribution is -1.96. The topological polar surface area (TPSA) is 20.7 Å². The molecular formula is C11H13IN2S. The van der Waals surface area contributed by atoms with Gasteiger partial charge in [0.25, 0.3) is 0 Å². The molecule has 0 saturated heterocycles. The predicted molar refractivity (Wildman–Crippen MR) is 74.7 cm³/mol. The number of hydrogen-bond donors (Lipinski definition) is 1. The van der Waals surface area contributed by atoms with Gasteiger partial charge < -0.3 is 9.55 Å². The van der Waals surface area contributed by atoms with Crippen LogP contribution >= 0.6 is 34.8 Å². The van der Waals surface area contributed by atoms with Gasteiger partial charge in [0.1, 0.15) is 0 Å². The van der Waals surface area contributed by atoms with Crippen molar-refractivity contribution in [1.29, 1.82) is 0 Å². The molecule has 2 rings (SSSR count). The fraction of sp³-hybridized carbons (Fsp3) is 0.364. The monoisotopic (exact) mass is 332 g/mol. The second-order valence-corrected chi connectivity index (χ2v) is 5.23. The minimum Gasteiger partial charge on any atom is -0.331 e. The van der Waals surface area contributed by atoms with Crippen LogP contribution in [0.5, 0.6) is 0 Å². The number of aromatic amines is 1. The summed E-state index contributed by atoms with van der Waals surface area (Å²) in [4.78, 5) is 3.25. The van der Waals surface area contributed by atoms with Crippen LogP contribution in [0.1, 0.15) is 19.8 Å². The van der Waals surface area contributed by atoms with Crippen molar-refractivity contribution in [2.75, 3.05) is 0 Å². The molecule has 2 aromatic rings. The molecular weight excluding hydrogens is 319 g/mol. The Bertz CT molecular complexity index is 527. The van der Waals surface area contributed by atoms with Crippen molar-refractivity contribution in [3.05, 3.63) is 26.5 Å². The first-order valence-electron chi connectivity index (χ1n) is 5.10. The van der Waals surface area contributed by atoms with Crippen molar-refractivity contribution >= 4 is 45.8 Å². The number of imidazole rings is 1. The van der Waals surface area contributed by atoms with Crippen molar-refractivity contribution in [3.8, 4) is 0 Å². The third kappa shape index (κ3) is 2.25. The van der Waals surface area contributed by atoms with E-state index in [1.54, 1.807) is 0 Å². The molecule has 1 aromatic carbocycles. The number of benzene rings is 1. The van der Waals surface area contributed by atoms with Gasteiger partial charge in [-0.25, -0.2) is 0 Å². The lowest BCUT2D eigenvalue weighted by atomic mass is 10.3. The SMILES string of the molecule is CCCCn1c(=S)[nH]c2cc(I)ccc21. The zero-order valence-electron chi connectivity index (χ0n) is 8.59. The van der Waals surface area contributed by atoms with Crippen LogP contribution in [0.25, 0.3) is 11.0 Å². The van der Waals surface area contributed by atoms with Gasteiger partial charge in [-0.15, -0.1) is 0 Å². The first-order chi connectivity index (χ1) is 7.22. The van der Waals surface area contributed by atoms with Crippen LogP contribution in [0.4, 0.5) is 0 Å². The highest BCUT2D eigenvalue weighted by Crippen LogP contribution is 2.17. The second-order valence-electron chi connectivity index (χ2n) is 3.60. The first kappa shape index (κ1) is 11.1. The number of hydrogen-bond acceptors (Lipinski definition) is 1. The molecule has 0 aliphatic rings. The van der Waals surface area contributed by atoms with E-state index in [-0.39, 0.29) is 0 Å². The number of nitrogens with one attached hydrogen (secondary N) is 1. The van der Waals surface area contributed by atoms with E-state index < -0.39 is 0 Å². The van der Waals surface area contributed by atoms with Crippen molar-refractivity contribution in [2.45, 2.75) is 26.3 Å². The van der Waals surface area contributed by atoms with E-state index in [2.05, 4.69) is 57.3 Å². The smallest absolute Gasteiger partial charge is 0.178 e. The quantitative estimate of drug-likeness (QED) is 0.663. The van der Waals surface area contributed by atoms with E-state index in [1.165, 1.54) is 21.9 Å². The molecule has 1 aromatic heterocycles. The first-order valence-corrected chi connectivity index (χ1v) is 6.59. The van der Waals surface area contributed by atoms with Crippen LogP contribution in [0.2, 0.25) is 0 Å². The number of aryl methyl sites for hydroxylation is 1. The molecule has 0 amide bonds. The maximum absolute atomic E-state index is 5.31. The van der Waals surface area contributed by atoms with Crippen molar-refractivity contribution in [3.63, 3.8) is 0 Å². The summed E-state index contributed by atoms with van der Waals surface area (Å²) >= 11 is 7.63. The minimum absolute atomic E-state index is 0.834. The van der Waals surface area contributed by atoms with E-state index in [0.717, 1.165) is 16.8 Å². The molecule has 0 radical (unpaired) electrons. The summed E-state index contributed by atoms with van der Waals surface area (Å²) in [6.45, 7) is 3.21. The number of unbranched alkanes of at least 4 members (excludes halogenated alkanes) is 1. The zero-order valence-corrected chi connectivity index (χ0v) is 11.6. The number of nitrogens with zero attached hydrogens (tertiary/aromatic N) is 1. The molecule has 0 bridgehead atoms. The molecule has 15 heavy (non-hydrogen) atoms. The Morgan fingerprint density at radius 1 is 1.47 bits per heavy atom. The highest BCUT2D eigenvalue weighted by molar-refractivity contribution is 14.1. The molecule has 0 aliphatic carbocycles. The molecule has 4 heteroatoms. The number of aromatic nitrogens is 2. The van der Waals surface area contributed by atoms with Crippen LogP contribution < -0.4 is 0 Å². The van der Waals surface area contributed by atoms with E-state index in [9.17, 15) is 0 Å². The molecule has 1 heterocycles. The number of rotatable bonds is 3. The Morgan fingerprint density at radius 3 is 3.00 bits per heavy atom. The summed E-state index contributed by atoms with van der Waals surface area (Å²) in [5, 5.41) is 0. The minimum atomic E-state index is 0.834. The predicted octanol–water partition coefficient (Wildman–Crippen LogP) is 4.10. The normalized spacial score (nSPS) is 11.1. The molecule has 2 nitrogen and oxygen atoms in total. The molecule has 0 spiro atoms. The highest BCUT2D eigenvalue weighted by Gasteiger charge is 2.03. The summed E-state index contributed by atoms with van der Waals surface area (Å²) in [5.74, 6) is 0. The van der Waals surface area contributed by atoms with Crippen LogP contribution in [-0.2, 0) is 6.54 Å². The summed E-state index contributed by atoms with van der Waals surface area (Å²) in [5.41, 5.74) is 2.36. The Labute approximate surface area is 108 Å². The van der Waals surface area contributed by atoms with Crippen LogP contribution in [0.15, 0.2) is 18.2 Å². The average molecular weight is 332 g/mol. The highest BCUT2D eigenvalue weighted by atomic mass is 127. The largest absolute Gasteiger partial charge is 0.331 e. The third-order valence-electron chi connectivity index (χ3n) is 2.47. The van der Waals surface area contributed by atoms with Gasteiger partial charge in [-0.1, -0.05) is 13.3 Å². The van der Waals surface area contributed by atoms with E-state index >= 15 is 0 Å². The van der Waals surface area contributed by atoms with Gasteiger partial charge in [0, 0.05) is 10.1 Å². The van der Waals surface area contributed by atoms with Crippen molar-refractivity contribution in [1.82, 2.24) is 9.55 Å². The van der Waals surface area contributed by atoms with Crippen LogP contribution in [0, 0.1) is 8.34 Å². The maximum atomic E-state index is 5.31. The van der Waals surface area contributed by atoms with Crippen LogP contribution in [-0.4, -0.2) is 9.55 Å². The third-order valence-corrected chi connectivity index (χ3v) is 3.46. The Kier molecular flexibility index (Phi) is 3.45. The van der Waals surface area contributed by atoms with Crippen molar-refractivity contribution < 1.29 is 0 Å². The Balaban J connectivity index is 2.53. The van der Waals surface area contributed by atoms with E-state index in [4.69, 9.17) is 12.2 Å². The van der Waals surface area contributed by atoms with Gasteiger partial charge in [0.15, 0.2) is 4.77 Å². The zero-order chi connectivity index (χ0) is 10.8. The summed E-state index contributed by atoms with van der Waals surface area (Å²) < 4.78 is 4.25. The lowest BCUT2D eigenvalue weighted by Gasteiger charge is -2.02. The molecule has 0 atom stereocenters. The Morgan fingerprint density at radius 2 is 2.27 bits per heavy atom. The van der Waals surface area contributed by atoms with Crippen molar-refractivity contribution in [2.24, 2.45) is 0 Å². The van der Waals surface area contributed by atoms with Gasteiger partial charge in [-0.2, -0.15) is 0 Å². The van der Waals surface area contributed by atoms with Gasteiger partial charge in [-0.3, -0.25) is 0 Å². The van der Waals surface area contributed by atoms with E-state index in [1.807, 2.05) is 0 Å². The lowest BCUT2D eigenvalue weighted by molar-refractivity contribution is 0.639. The number of H-pyrrole nitrogens is 1. The number of fused-ring (bicyclic) bond motifs is 1. The molecule has 80 valence electrons. The molecule has 0 fully saturated rings. The summed E-state index contributed by atoms with van der Waals surface area (Å²) in [6.07, 6.45) is 2.37. The van der Waals surface area contributed by atoms with Gasteiger partial charge in [-0.05, 0) is 59.4 Å². The number of halogens is 1. The summed E-state index contributed by atoms with van der Waals surface area (Å²) in [6, 6.07) is 6.39. The molecule has 0 saturated carbocycles. The standard InChI is InChI=1S/C11H13IN2S/c1-2-3-6-14-10-5-4-8(12)7-9(10)13-11(14)15/h4-5,7H,2-3,6H2,1H3,(H,13,15). The molecule has 0 unspecified atom stereocenters. The molecule has 0 aliphatic heterocycles. The van der Waals surface area contributed by atoms with Gasteiger partial charge in [0.2, 0.25) is 0 Å². The Hall–Kier alpha value is -0.360.